The van der Waals surface area contributed by atoms with Crippen LogP contribution >= 0.6 is 15.9 Å². The molecule has 0 unspecified atom stereocenters. The van der Waals surface area contributed by atoms with Crippen molar-refractivity contribution in [1.29, 1.82) is 0 Å². The minimum absolute atomic E-state index is 0.0995. The van der Waals surface area contributed by atoms with Crippen LogP contribution in [-0.2, 0) is 0 Å². The second-order valence-corrected chi connectivity index (χ2v) is 6.09. The monoisotopic (exact) mass is 360 g/mol. The first kappa shape index (κ1) is 16.2. The van der Waals surface area contributed by atoms with Crippen molar-refractivity contribution in [3.8, 4) is 5.75 Å². The third-order valence-electron chi connectivity index (χ3n) is 3.20. The lowest BCUT2D eigenvalue weighted by atomic mass is 10.0. The van der Waals surface area contributed by atoms with Gasteiger partial charge in [0.15, 0.2) is 0 Å². The SMILES string of the molecule is CC(C)c1ccc(C(=O)NN=Cc2cc(Br)ccc2O)cc1. The number of halogens is 1. The van der Waals surface area contributed by atoms with Gasteiger partial charge in [-0.2, -0.15) is 5.10 Å². The first-order chi connectivity index (χ1) is 10.5. The van der Waals surface area contributed by atoms with Crippen LogP contribution < -0.4 is 5.43 Å². The van der Waals surface area contributed by atoms with E-state index in [-0.39, 0.29) is 11.7 Å². The van der Waals surface area contributed by atoms with E-state index in [1.54, 1.807) is 30.3 Å². The Morgan fingerprint density at radius 3 is 2.55 bits per heavy atom. The van der Waals surface area contributed by atoms with Crippen molar-refractivity contribution < 1.29 is 9.90 Å². The van der Waals surface area contributed by atoms with E-state index < -0.39 is 0 Å². The second kappa shape index (κ2) is 7.22. The molecule has 4 nitrogen and oxygen atoms in total. The Labute approximate surface area is 138 Å². The summed E-state index contributed by atoms with van der Waals surface area (Å²) in [5.74, 6) is 0.234. The highest BCUT2D eigenvalue weighted by atomic mass is 79.9. The van der Waals surface area contributed by atoms with E-state index in [0.29, 0.717) is 17.0 Å². The fourth-order valence-corrected chi connectivity index (χ4v) is 2.25. The van der Waals surface area contributed by atoms with Crippen LogP contribution in [0.5, 0.6) is 5.75 Å². The van der Waals surface area contributed by atoms with Crippen LogP contribution in [0.2, 0.25) is 0 Å². The van der Waals surface area contributed by atoms with Gasteiger partial charge in [-0.25, -0.2) is 5.43 Å². The summed E-state index contributed by atoms with van der Waals surface area (Å²) < 4.78 is 0.822. The molecule has 1 amide bonds. The summed E-state index contributed by atoms with van der Waals surface area (Å²) in [5, 5.41) is 13.5. The number of hydrogen-bond acceptors (Lipinski definition) is 3. The molecule has 0 aliphatic carbocycles. The zero-order valence-electron chi connectivity index (χ0n) is 12.4. The van der Waals surface area contributed by atoms with E-state index in [1.165, 1.54) is 11.8 Å². The summed E-state index contributed by atoms with van der Waals surface area (Å²) in [7, 11) is 0. The van der Waals surface area contributed by atoms with Gasteiger partial charge in [-0.1, -0.05) is 41.9 Å². The van der Waals surface area contributed by atoms with E-state index in [4.69, 9.17) is 0 Å². The number of phenolic OH excluding ortho intramolecular Hbond substituents is 1. The summed E-state index contributed by atoms with van der Waals surface area (Å²) in [4.78, 5) is 12.0. The Bertz CT molecular complexity index is 694. The zero-order valence-corrected chi connectivity index (χ0v) is 14.0. The topological polar surface area (TPSA) is 61.7 Å². The summed E-state index contributed by atoms with van der Waals surface area (Å²) >= 11 is 3.31. The maximum Gasteiger partial charge on any atom is 0.271 e. The average molecular weight is 361 g/mol. The van der Waals surface area contributed by atoms with Crippen LogP contribution in [0.25, 0.3) is 0 Å². The summed E-state index contributed by atoms with van der Waals surface area (Å²) in [6, 6.07) is 12.4. The van der Waals surface area contributed by atoms with Crippen LogP contribution in [0.3, 0.4) is 0 Å². The van der Waals surface area contributed by atoms with Gasteiger partial charge in [-0.05, 0) is 41.8 Å². The standard InChI is InChI=1S/C17H17BrN2O2/c1-11(2)12-3-5-13(6-4-12)17(22)20-19-10-14-9-15(18)7-8-16(14)21/h3-11,21H,1-2H3,(H,20,22). The molecule has 0 aliphatic heterocycles. The smallest absolute Gasteiger partial charge is 0.271 e. The lowest BCUT2D eigenvalue weighted by Gasteiger charge is -2.06. The number of benzene rings is 2. The van der Waals surface area contributed by atoms with Gasteiger partial charge in [0.2, 0.25) is 0 Å². The van der Waals surface area contributed by atoms with Gasteiger partial charge in [-0.3, -0.25) is 4.79 Å². The molecule has 0 bridgehead atoms. The van der Waals surface area contributed by atoms with Crippen LogP contribution in [0.15, 0.2) is 52.0 Å². The Balaban J connectivity index is 2.03. The predicted molar refractivity (Wildman–Crippen MR) is 91.4 cm³/mol. The minimum atomic E-state index is -0.291. The van der Waals surface area contributed by atoms with Gasteiger partial charge in [0.1, 0.15) is 5.75 Å². The number of hydrogen-bond donors (Lipinski definition) is 2. The Hall–Kier alpha value is -2.14. The highest BCUT2D eigenvalue weighted by Gasteiger charge is 2.05. The maximum absolute atomic E-state index is 12.0. The Morgan fingerprint density at radius 1 is 1.23 bits per heavy atom. The number of amides is 1. The second-order valence-electron chi connectivity index (χ2n) is 5.18. The largest absolute Gasteiger partial charge is 0.507 e. The van der Waals surface area contributed by atoms with Crippen LogP contribution in [0.1, 0.15) is 41.3 Å². The highest BCUT2D eigenvalue weighted by Crippen LogP contribution is 2.20. The van der Waals surface area contributed by atoms with Crippen molar-refractivity contribution in [2.45, 2.75) is 19.8 Å². The molecule has 2 rings (SSSR count). The van der Waals surface area contributed by atoms with Crippen molar-refractivity contribution in [3.05, 3.63) is 63.6 Å². The molecule has 2 aromatic carbocycles. The predicted octanol–water partition coefficient (Wildman–Crippen LogP) is 4.04. The van der Waals surface area contributed by atoms with Crippen molar-refractivity contribution >= 4 is 28.1 Å². The van der Waals surface area contributed by atoms with Gasteiger partial charge >= 0.3 is 0 Å². The molecule has 0 aromatic heterocycles. The molecule has 22 heavy (non-hydrogen) atoms. The van der Waals surface area contributed by atoms with E-state index in [0.717, 1.165) is 4.47 Å². The molecule has 0 saturated heterocycles. The third kappa shape index (κ3) is 4.18. The molecule has 5 heteroatoms. The fourth-order valence-electron chi connectivity index (χ4n) is 1.87. The first-order valence-electron chi connectivity index (χ1n) is 6.89. The van der Waals surface area contributed by atoms with E-state index in [2.05, 4.69) is 40.3 Å². The third-order valence-corrected chi connectivity index (χ3v) is 3.69. The van der Waals surface area contributed by atoms with Crippen LogP contribution in [0.4, 0.5) is 0 Å². The fraction of sp³-hybridized carbons (Fsp3) is 0.176. The number of nitrogens with zero attached hydrogens (tertiary/aromatic N) is 1. The maximum atomic E-state index is 12.0. The highest BCUT2D eigenvalue weighted by molar-refractivity contribution is 9.10. The van der Waals surface area contributed by atoms with Crippen molar-refractivity contribution in [2.75, 3.05) is 0 Å². The molecular formula is C17H17BrN2O2. The molecule has 114 valence electrons. The van der Waals surface area contributed by atoms with E-state index in [9.17, 15) is 9.90 Å². The lowest BCUT2D eigenvalue weighted by Crippen LogP contribution is -2.17. The quantitative estimate of drug-likeness (QED) is 0.638. The number of carbonyl (C=O) groups is 1. The molecule has 2 N–H and O–H groups in total. The number of aromatic hydroxyl groups is 1. The van der Waals surface area contributed by atoms with Gasteiger partial charge in [0.25, 0.3) is 5.91 Å². The molecule has 0 heterocycles. The molecule has 0 aliphatic rings. The Kier molecular flexibility index (Phi) is 5.33. The number of hydrazone groups is 1. The van der Waals surface area contributed by atoms with Crippen LogP contribution in [0, 0.1) is 0 Å². The average Bonchev–Trinajstić information content (AvgIpc) is 2.50. The van der Waals surface area contributed by atoms with Crippen molar-refractivity contribution in [3.63, 3.8) is 0 Å². The number of nitrogens with one attached hydrogen (secondary N) is 1. The number of rotatable bonds is 4. The summed E-state index contributed by atoms with van der Waals surface area (Å²) in [6.45, 7) is 4.20. The Morgan fingerprint density at radius 2 is 1.91 bits per heavy atom. The number of carbonyl (C=O) groups excluding carboxylic acids is 1. The molecular weight excluding hydrogens is 344 g/mol. The molecule has 0 atom stereocenters. The van der Waals surface area contributed by atoms with Crippen molar-refractivity contribution in [2.24, 2.45) is 5.10 Å². The van der Waals surface area contributed by atoms with Gasteiger partial charge < -0.3 is 5.11 Å². The molecule has 0 fully saturated rings. The summed E-state index contributed by atoms with van der Waals surface area (Å²) in [6.07, 6.45) is 1.40. The van der Waals surface area contributed by atoms with Crippen molar-refractivity contribution in [1.82, 2.24) is 5.43 Å². The van der Waals surface area contributed by atoms with Gasteiger partial charge in [0.05, 0.1) is 6.21 Å². The first-order valence-corrected chi connectivity index (χ1v) is 7.68. The number of phenols is 1. The van der Waals surface area contributed by atoms with Crippen LogP contribution in [-0.4, -0.2) is 17.2 Å². The zero-order chi connectivity index (χ0) is 16.1. The molecule has 0 saturated carbocycles. The lowest BCUT2D eigenvalue weighted by molar-refractivity contribution is 0.0955. The summed E-state index contributed by atoms with van der Waals surface area (Å²) in [5.41, 5.74) is 4.69. The van der Waals surface area contributed by atoms with Gasteiger partial charge in [0, 0.05) is 15.6 Å². The van der Waals surface area contributed by atoms with E-state index in [1.807, 2.05) is 12.1 Å². The van der Waals surface area contributed by atoms with Gasteiger partial charge in [-0.15, -0.1) is 0 Å². The minimum Gasteiger partial charge on any atom is -0.507 e. The molecule has 0 spiro atoms. The normalized spacial score (nSPS) is 11.1. The van der Waals surface area contributed by atoms with E-state index >= 15 is 0 Å². The molecule has 2 aromatic rings. The molecule has 0 radical (unpaired) electrons.